The van der Waals surface area contributed by atoms with E-state index in [9.17, 15) is 8.78 Å². The fraction of sp³-hybridized carbons (Fsp3) is 0.400. The van der Waals surface area contributed by atoms with E-state index in [2.05, 4.69) is 0 Å². The van der Waals surface area contributed by atoms with Crippen molar-refractivity contribution < 1.29 is 8.78 Å². The third-order valence-electron chi connectivity index (χ3n) is 2.08. The third-order valence-corrected chi connectivity index (χ3v) is 2.08. The molecule has 78 valence electrons. The standard InChI is InChI=1S/C10H14F2N2/c1-14(7-13)5-4-8-6-9(11)2-3-10(8)12/h2-3,6H,4-5,7,13H2,1H3. The average molecular weight is 200 g/mol. The van der Waals surface area contributed by atoms with Gasteiger partial charge in [0.15, 0.2) is 0 Å². The Morgan fingerprint density at radius 1 is 1.36 bits per heavy atom. The number of halogens is 2. The molecule has 0 aliphatic heterocycles. The van der Waals surface area contributed by atoms with Gasteiger partial charge < -0.3 is 5.73 Å². The van der Waals surface area contributed by atoms with Gasteiger partial charge in [-0.05, 0) is 37.2 Å². The predicted molar refractivity (Wildman–Crippen MR) is 51.7 cm³/mol. The number of hydrogen-bond donors (Lipinski definition) is 1. The molecule has 0 aromatic heterocycles. The first-order valence-electron chi connectivity index (χ1n) is 4.46. The van der Waals surface area contributed by atoms with Crippen molar-refractivity contribution in [2.45, 2.75) is 6.42 Å². The van der Waals surface area contributed by atoms with Crippen molar-refractivity contribution in [3.8, 4) is 0 Å². The van der Waals surface area contributed by atoms with Crippen LogP contribution in [-0.2, 0) is 6.42 Å². The molecule has 0 bridgehead atoms. The maximum Gasteiger partial charge on any atom is 0.126 e. The Bertz CT molecular complexity index is 302. The second-order valence-corrected chi connectivity index (χ2v) is 3.25. The van der Waals surface area contributed by atoms with Gasteiger partial charge in [0, 0.05) is 13.2 Å². The van der Waals surface area contributed by atoms with Crippen LogP contribution in [0, 0.1) is 11.6 Å². The van der Waals surface area contributed by atoms with E-state index in [-0.39, 0.29) is 5.82 Å². The summed E-state index contributed by atoms with van der Waals surface area (Å²) in [5.41, 5.74) is 5.76. The van der Waals surface area contributed by atoms with Crippen LogP contribution in [0.25, 0.3) is 0 Å². The summed E-state index contributed by atoms with van der Waals surface area (Å²) in [6, 6.07) is 3.48. The van der Waals surface area contributed by atoms with Gasteiger partial charge in [-0.25, -0.2) is 8.78 Å². The van der Waals surface area contributed by atoms with Crippen molar-refractivity contribution in [1.82, 2.24) is 4.90 Å². The molecule has 0 saturated heterocycles. The number of nitrogens with zero attached hydrogens (tertiary/aromatic N) is 1. The highest BCUT2D eigenvalue weighted by Gasteiger charge is 2.04. The second kappa shape index (κ2) is 5.02. The molecule has 1 aromatic rings. The van der Waals surface area contributed by atoms with E-state index in [0.717, 1.165) is 12.1 Å². The Morgan fingerprint density at radius 2 is 2.07 bits per heavy atom. The van der Waals surface area contributed by atoms with Crippen molar-refractivity contribution in [3.63, 3.8) is 0 Å². The van der Waals surface area contributed by atoms with Gasteiger partial charge in [-0.2, -0.15) is 0 Å². The molecule has 2 nitrogen and oxygen atoms in total. The summed E-state index contributed by atoms with van der Waals surface area (Å²) in [6.45, 7) is 1.04. The molecule has 0 aliphatic rings. The monoisotopic (exact) mass is 200 g/mol. The summed E-state index contributed by atoms with van der Waals surface area (Å²) in [7, 11) is 1.83. The predicted octanol–water partition coefficient (Wildman–Crippen LogP) is 1.36. The molecule has 2 N–H and O–H groups in total. The summed E-state index contributed by atoms with van der Waals surface area (Å²) in [5, 5.41) is 0. The van der Waals surface area contributed by atoms with Crippen LogP contribution in [0.2, 0.25) is 0 Å². The average Bonchev–Trinajstić information content (AvgIpc) is 2.19. The fourth-order valence-corrected chi connectivity index (χ4v) is 1.14. The van der Waals surface area contributed by atoms with E-state index < -0.39 is 5.82 Å². The van der Waals surface area contributed by atoms with Crippen LogP contribution in [0.4, 0.5) is 8.78 Å². The molecular weight excluding hydrogens is 186 g/mol. The molecule has 0 amide bonds. The van der Waals surface area contributed by atoms with Gasteiger partial charge in [0.1, 0.15) is 11.6 Å². The Balaban J connectivity index is 2.62. The van der Waals surface area contributed by atoms with Crippen LogP contribution in [0.1, 0.15) is 5.56 Å². The van der Waals surface area contributed by atoms with E-state index in [0.29, 0.717) is 25.2 Å². The van der Waals surface area contributed by atoms with Gasteiger partial charge in [0.2, 0.25) is 0 Å². The zero-order valence-corrected chi connectivity index (χ0v) is 8.13. The molecule has 14 heavy (non-hydrogen) atoms. The Hall–Kier alpha value is -1.00. The zero-order chi connectivity index (χ0) is 10.6. The SMILES string of the molecule is CN(CN)CCc1cc(F)ccc1F. The number of benzene rings is 1. The first kappa shape index (κ1) is 11.1. The van der Waals surface area contributed by atoms with E-state index in [1.165, 1.54) is 6.07 Å². The van der Waals surface area contributed by atoms with Crippen LogP contribution < -0.4 is 5.73 Å². The second-order valence-electron chi connectivity index (χ2n) is 3.25. The first-order valence-corrected chi connectivity index (χ1v) is 4.46. The molecular formula is C10H14F2N2. The number of rotatable bonds is 4. The van der Waals surface area contributed by atoms with Gasteiger partial charge in [-0.1, -0.05) is 0 Å². The van der Waals surface area contributed by atoms with E-state index in [1.54, 1.807) is 0 Å². The summed E-state index contributed by atoms with van der Waals surface area (Å²) >= 11 is 0. The molecule has 4 heteroatoms. The van der Waals surface area contributed by atoms with Crippen LogP contribution in [0.3, 0.4) is 0 Å². The molecule has 0 atom stereocenters. The third kappa shape index (κ3) is 3.05. The van der Waals surface area contributed by atoms with Crippen molar-refractivity contribution in [2.24, 2.45) is 5.73 Å². The zero-order valence-electron chi connectivity index (χ0n) is 8.13. The minimum atomic E-state index is -0.406. The Morgan fingerprint density at radius 3 is 2.71 bits per heavy atom. The molecule has 0 saturated carbocycles. The van der Waals surface area contributed by atoms with Crippen molar-refractivity contribution in [2.75, 3.05) is 20.3 Å². The van der Waals surface area contributed by atoms with Crippen LogP contribution >= 0.6 is 0 Å². The molecule has 1 aromatic carbocycles. The quantitative estimate of drug-likeness (QED) is 0.743. The molecule has 0 fully saturated rings. The fourth-order valence-electron chi connectivity index (χ4n) is 1.14. The lowest BCUT2D eigenvalue weighted by Gasteiger charge is -2.13. The molecule has 0 aliphatic carbocycles. The number of nitrogens with two attached hydrogens (primary N) is 1. The molecule has 0 heterocycles. The van der Waals surface area contributed by atoms with E-state index in [4.69, 9.17) is 5.73 Å². The molecule has 0 radical (unpaired) electrons. The molecule has 0 unspecified atom stereocenters. The smallest absolute Gasteiger partial charge is 0.126 e. The van der Waals surface area contributed by atoms with E-state index in [1.807, 2.05) is 11.9 Å². The van der Waals surface area contributed by atoms with Crippen molar-refractivity contribution in [3.05, 3.63) is 35.4 Å². The maximum atomic E-state index is 13.1. The Labute approximate surface area is 82.3 Å². The lowest BCUT2D eigenvalue weighted by molar-refractivity contribution is 0.347. The summed E-state index contributed by atoms with van der Waals surface area (Å²) < 4.78 is 25.9. The highest BCUT2D eigenvalue weighted by atomic mass is 19.1. The first-order chi connectivity index (χ1) is 6.63. The van der Waals surface area contributed by atoms with Crippen LogP contribution in [0.15, 0.2) is 18.2 Å². The normalized spacial score (nSPS) is 10.9. The summed E-state index contributed by atoms with van der Waals surface area (Å²) in [5.74, 6) is -0.770. The molecule has 1 rings (SSSR count). The minimum Gasteiger partial charge on any atom is -0.318 e. The Kier molecular flexibility index (Phi) is 3.98. The lowest BCUT2D eigenvalue weighted by Crippen LogP contribution is -2.27. The van der Waals surface area contributed by atoms with Gasteiger partial charge >= 0.3 is 0 Å². The van der Waals surface area contributed by atoms with Crippen molar-refractivity contribution in [1.29, 1.82) is 0 Å². The molecule has 0 spiro atoms. The van der Waals surface area contributed by atoms with Gasteiger partial charge in [-0.3, -0.25) is 4.90 Å². The van der Waals surface area contributed by atoms with Gasteiger partial charge in [0.25, 0.3) is 0 Å². The highest BCUT2D eigenvalue weighted by Crippen LogP contribution is 2.10. The minimum absolute atomic E-state index is 0.364. The number of hydrogen-bond acceptors (Lipinski definition) is 2. The summed E-state index contributed by atoms with van der Waals surface area (Å²) in [6.07, 6.45) is 0.470. The lowest BCUT2D eigenvalue weighted by atomic mass is 10.1. The largest absolute Gasteiger partial charge is 0.318 e. The van der Waals surface area contributed by atoms with Crippen LogP contribution in [0.5, 0.6) is 0 Å². The topological polar surface area (TPSA) is 29.3 Å². The van der Waals surface area contributed by atoms with E-state index >= 15 is 0 Å². The van der Waals surface area contributed by atoms with Gasteiger partial charge in [0.05, 0.1) is 0 Å². The summed E-state index contributed by atoms with van der Waals surface area (Å²) in [4.78, 5) is 1.84. The van der Waals surface area contributed by atoms with Crippen molar-refractivity contribution >= 4 is 0 Å². The maximum absolute atomic E-state index is 13.1. The highest BCUT2D eigenvalue weighted by molar-refractivity contribution is 5.18. The van der Waals surface area contributed by atoms with Gasteiger partial charge in [-0.15, -0.1) is 0 Å². The number of likely N-dealkylation sites (N-methyl/N-ethyl adjacent to an activating group) is 1. The van der Waals surface area contributed by atoms with Crippen LogP contribution in [-0.4, -0.2) is 25.2 Å².